The van der Waals surface area contributed by atoms with E-state index in [9.17, 15) is 9.59 Å². The largest absolute Gasteiger partial charge is 0.359 e. The van der Waals surface area contributed by atoms with Crippen LogP contribution in [0.25, 0.3) is 22.3 Å². The van der Waals surface area contributed by atoms with Crippen LogP contribution in [0, 0.1) is 6.92 Å². The van der Waals surface area contributed by atoms with Crippen molar-refractivity contribution in [2.24, 2.45) is 0 Å². The molecule has 0 aliphatic carbocycles. The Labute approximate surface area is 131 Å². The van der Waals surface area contributed by atoms with Crippen LogP contribution < -0.4 is 10.9 Å². The molecule has 0 saturated carbocycles. The highest BCUT2D eigenvalue weighted by Gasteiger charge is 2.14. The number of fused-ring (bicyclic) bond motifs is 1. The summed E-state index contributed by atoms with van der Waals surface area (Å²) in [5, 5.41) is 7.25. The zero-order valence-corrected chi connectivity index (χ0v) is 12.8. The summed E-state index contributed by atoms with van der Waals surface area (Å²) in [6.07, 6.45) is 0.586. The predicted molar refractivity (Wildman–Crippen MR) is 85.0 cm³/mol. The van der Waals surface area contributed by atoms with Gasteiger partial charge < -0.3 is 14.8 Å². The molecule has 0 saturated heterocycles. The Bertz CT molecular complexity index is 926. The second kappa shape index (κ2) is 6.04. The first-order chi connectivity index (χ1) is 11.1. The number of hydrogen-bond donors (Lipinski definition) is 2. The Morgan fingerprint density at radius 3 is 2.96 bits per heavy atom. The summed E-state index contributed by atoms with van der Waals surface area (Å²) in [6, 6.07) is 7.54. The van der Waals surface area contributed by atoms with Gasteiger partial charge in [0.05, 0.1) is 5.56 Å². The number of pyridine rings is 1. The van der Waals surface area contributed by atoms with Crippen LogP contribution in [0.4, 0.5) is 0 Å². The number of aromatic nitrogens is 3. The quantitative estimate of drug-likeness (QED) is 0.761. The molecule has 1 amide bonds. The molecular formula is C16H16N4O3. The number of H-pyrrole nitrogens is 1. The third-order valence-corrected chi connectivity index (χ3v) is 3.56. The molecule has 7 nitrogen and oxygen atoms in total. The average Bonchev–Trinajstić information content (AvgIpc) is 3.00. The number of amides is 1. The van der Waals surface area contributed by atoms with Gasteiger partial charge in [0.2, 0.25) is 17.6 Å². The molecule has 7 heteroatoms. The fourth-order valence-corrected chi connectivity index (χ4v) is 2.29. The Morgan fingerprint density at radius 1 is 1.35 bits per heavy atom. The van der Waals surface area contributed by atoms with Crippen LogP contribution in [0.2, 0.25) is 0 Å². The minimum atomic E-state index is -0.276. The monoisotopic (exact) mass is 312 g/mol. The van der Waals surface area contributed by atoms with E-state index in [1.54, 1.807) is 13.1 Å². The third kappa shape index (κ3) is 3.13. The van der Waals surface area contributed by atoms with Gasteiger partial charge in [-0.3, -0.25) is 9.59 Å². The van der Waals surface area contributed by atoms with Crippen molar-refractivity contribution in [3.8, 4) is 11.4 Å². The minimum absolute atomic E-state index is 0.108. The van der Waals surface area contributed by atoms with E-state index >= 15 is 0 Å². The van der Waals surface area contributed by atoms with Gasteiger partial charge in [0.1, 0.15) is 0 Å². The lowest BCUT2D eigenvalue weighted by atomic mass is 10.1. The molecule has 0 fully saturated rings. The van der Waals surface area contributed by atoms with Crippen LogP contribution in [0.3, 0.4) is 0 Å². The van der Waals surface area contributed by atoms with Crippen molar-refractivity contribution in [3.63, 3.8) is 0 Å². The lowest BCUT2D eigenvalue weighted by Crippen LogP contribution is -2.18. The molecule has 2 N–H and O–H groups in total. The molecule has 0 aliphatic rings. The van der Waals surface area contributed by atoms with Crippen molar-refractivity contribution in [2.75, 3.05) is 7.05 Å². The summed E-state index contributed by atoms with van der Waals surface area (Å²) in [7, 11) is 1.57. The molecule has 2 aromatic heterocycles. The van der Waals surface area contributed by atoms with Crippen molar-refractivity contribution in [1.82, 2.24) is 20.4 Å². The summed E-state index contributed by atoms with van der Waals surface area (Å²) in [5.74, 6) is 0.441. The SMILES string of the molecule is CNC(=O)CCc1nc(-c2cc3ccc(C)cc3[nH]c2=O)no1. The van der Waals surface area contributed by atoms with Crippen molar-refractivity contribution >= 4 is 16.8 Å². The molecule has 0 atom stereocenters. The number of carbonyl (C=O) groups excluding carboxylic acids is 1. The molecule has 0 radical (unpaired) electrons. The van der Waals surface area contributed by atoms with Gasteiger partial charge in [-0.25, -0.2) is 0 Å². The maximum absolute atomic E-state index is 12.2. The Morgan fingerprint density at radius 2 is 2.17 bits per heavy atom. The first kappa shape index (κ1) is 15.0. The normalized spacial score (nSPS) is 10.9. The molecule has 0 unspecified atom stereocenters. The van der Waals surface area contributed by atoms with E-state index in [0.29, 0.717) is 17.9 Å². The van der Waals surface area contributed by atoms with E-state index in [4.69, 9.17) is 4.52 Å². The highest BCUT2D eigenvalue weighted by Crippen LogP contribution is 2.18. The van der Waals surface area contributed by atoms with Gasteiger partial charge in [-0.15, -0.1) is 0 Å². The Balaban J connectivity index is 1.92. The van der Waals surface area contributed by atoms with E-state index < -0.39 is 0 Å². The number of aromatic amines is 1. The predicted octanol–water partition coefficient (Wildman–Crippen LogP) is 1.57. The second-order valence-electron chi connectivity index (χ2n) is 5.29. The molecule has 3 aromatic rings. The molecule has 0 bridgehead atoms. The average molecular weight is 312 g/mol. The van der Waals surface area contributed by atoms with Crippen LogP contribution in [0.1, 0.15) is 17.9 Å². The van der Waals surface area contributed by atoms with Gasteiger partial charge in [0.15, 0.2) is 0 Å². The molecule has 118 valence electrons. The standard InChI is InChI=1S/C16H16N4O3/c1-9-3-4-10-8-11(16(22)18-12(10)7-9)15-19-14(23-20-15)6-5-13(21)17-2/h3-4,7-8H,5-6H2,1-2H3,(H,17,21)(H,18,22). The maximum Gasteiger partial charge on any atom is 0.259 e. The van der Waals surface area contributed by atoms with Gasteiger partial charge in [-0.1, -0.05) is 17.3 Å². The van der Waals surface area contributed by atoms with Crippen molar-refractivity contribution < 1.29 is 9.32 Å². The minimum Gasteiger partial charge on any atom is -0.359 e. The first-order valence-corrected chi connectivity index (χ1v) is 7.24. The number of aryl methyl sites for hydroxylation is 2. The number of nitrogens with one attached hydrogen (secondary N) is 2. The van der Waals surface area contributed by atoms with Crippen LogP contribution >= 0.6 is 0 Å². The third-order valence-electron chi connectivity index (χ3n) is 3.56. The molecule has 0 spiro atoms. The smallest absolute Gasteiger partial charge is 0.259 e. The molecule has 2 heterocycles. The summed E-state index contributed by atoms with van der Waals surface area (Å²) in [6.45, 7) is 1.96. The second-order valence-corrected chi connectivity index (χ2v) is 5.29. The highest BCUT2D eigenvalue weighted by molar-refractivity contribution is 5.82. The maximum atomic E-state index is 12.2. The van der Waals surface area contributed by atoms with Crippen molar-refractivity contribution in [3.05, 3.63) is 46.1 Å². The van der Waals surface area contributed by atoms with E-state index in [-0.39, 0.29) is 23.7 Å². The van der Waals surface area contributed by atoms with Crippen LogP contribution in [-0.2, 0) is 11.2 Å². The number of rotatable bonds is 4. The van der Waals surface area contributed by atoms with Gasteiger partial charge in [0.25, 0.3) is 5.56 Å². The van der Waals surface area contributed by atoms with Gasteiger partial charge in [-0.2, -0.15) is 4.98 Å². The Kier molecular flexibility index (Phi) is 3.92. The molecule has 23 heavy (non-hydrogen) atoms. The zero-order chi connectivity index (χ0) is 16.4. The molecule has 0 aliphatic heterocycles. The Hall–Kier alpha value is -2.96. The van der Waals surface area contributed by atoms with Crippen LogP contribution in [0.5, 0.6) is 0 Å². The van der Waals surface area contributed by atoms with Crippen molar-refractivity contribution in [1.29, 1.82) is 0 Å². The van der Waals surface area contributed by atoms with E-state index in [1.165, 1.54) is 0 Å². The summed E-state index contributed by atoms with van der Waals surface area (Å²) < 4.78 is 5.11. The molecular weight excluding hydrogens is 296 g/mol. The summed E-state index contributed by atoms with van der Waals surface area (Å²) in [5.41, 5.74) is 1.90. The lowest BCUT2D eigenvalue weighted by Gasteiger charge is -2.01. The van der Waals surface area contributed by atoms with Gasteiger partial charge in [0, 0.05) is 25.4 Å². The number of hydrogen-bond acceptors (Lipinski definition) is 5. The number of nitrogens with zero attached hydrogens (tertiary/aromatic N) is 2. The molecule has 3 rings (SSSR count). The fourth-order valence-electron chi connectivity index (χ4n) is 2.29. The first-order valence-electron chi connectivity index (χ1n) is 7.24. The fraction of sp³-hybridized carbons (Fsp3) is 0.250. The van der Waals surface area contributed by atoms with Crippen LogP contribution in [-0.4, -0.2) is 28.1 Å². The van der Waals surface area contributed by atoms with Gasteiger partial charge in [-0.05, 0) is 30.0 Å². The zero-order valence-electron chi connectivity index (χ0n) is 12.8. The van der Waals surface area contributed by atoms with E-state index in [2.05, 4.69) is 20.4 Å². The number of carbonyl (C=O) groups is 1. The van der Waals surface area contributed by atoms with Gasteiger partial charge >= 0.3 is 0 Å². The van der Waals surface area contributed by atoms with E-state index in [0.717, 1.165) is 16.5 Å². The highest BCUT2D eigenvalue weighted by atomic mass is 16.5. The summed E-state index contributed by atoms with van der Waals surface area (Å²) >= 11 is 0. The number of benzene rings is 1. The van der Waals surface area contributed by atoms with Crippen LogP contribution in [0.15, 0.2) is 33.6 Å². The van der Waals surface area contributed by atoms with E-state index in [1.807, 2.05) is 25.1 Å². The lowest BCUT2D eigenvalue weighted by molar-refractivity contribution is -0.120. The summed E-state index contributed by atoms with van der Waals surface area (Å²) in [4.78, 5) is 30.5. The van der Waals surface area contributed by atoms with Crippen molar-refractivity contribution in [2.45, 2.75) is 19.8 Å². The molecule has 1 aromatic carbocycles. The topological polar surface area (TPSA) is 101 Å².